The summed E-state index contributed by atoms with van der Waals surface area (Å²) >= 11 is 0. The predicted molar refractivity (Wildman–Crippen MR) is 78.0 cm³/mol. The van der Waals surface area contributed by atoms with Crippen LogP contribution in [0.15, 0.2) is 30.5 Å². The number of pyridine rings is 1. The maximum atomic E-state index is 5.32. The van der Waals surface area contributed by atoms with Crippen LogP contribution in [0, 0.1) is 0 Å². The number of ether oxygens (including phenoxy) is 1. The SMILES string of the molecule is CNC1CCN(c2ccnc3ccc(OC)cc23)C1. The molecule has 1 aliphatic rings. The number of hydrogen-bond acceptors (Lipinski definition) is 4. The highest BCUT2D eigenvalue weighted by Crippen LogP contribution is 2.30. The van der Waals surface area contributed by atoms with Crippen LogP contribution in [0.1, 0.15) is 6.42 Å². The summed E-state index contributed by atoms with van der Waals surface area (Å²) in [4.78, 5) is 6.85. The zero-order chi connectivity index (χ0) is 13.2. The molecule has 0 amide bonds. The second-order valence-corrected chi connectivity index (χ2v) is 4.93. The second kappa shape index (κ2) is 5.05. The van der Waals surface area contributed by atoms with Crippen LogP contribution >= 0.6 is 0 Å². The third-order valence-corrected chi connectivity index (χ3v) is 3.86. The molecular weight excluding hydrogens is 238 g/mol. The minimum absolute atomic E-state index is 0.578. The summed E-state index contributed by atoms with van der Waals surface area (Å²) in [7, 11) is 3.73. The van der Waals surface area contributed by atoms with Gasteiger partial charge in [-0.3, -0.25) is 4.98 Å². The van der Waals surface area contributed by atoms with E-state index in [9.17, 15) is 0 Å². The maximum Gasteiger partial charge on any atom is 0.119 e. The van der Waals surface area contributed by atoms with Gasteiger partial charge in [0.2, 0.25) is 0 Å². The van der Waals surface area contributed by atoms with Gasteiger partial charge in [-0.05, 0) is 37.7 Å². The van der Waals surface area contributed by atoms with Crippen LogP contribution in [-0.4, -0.2) is 38.3 Å². The molecule has 0 spiro atoms. The summed E-state index contributed by atoms with van der Waals surface area (Å²) in [5.74, 6) is 0.881. The Labute approximate surface area is 113 Å². The number of rotatable bonds is 3. The number of hydrogen-bond donors (Lipinski definition) is 1. The number of fused-ring (bicyclic) bond motifs is 1. The third-order valence-electron chi connectivity index (χ3n) is 3.86. The minimum atomic E-state index is 0.578. The molecule has 2 aromatic rings. The number of methoxy groups -OCH3 is 1. The topological polar surface area (TPSA) is 37.4 Å². The fourth-order valence-electron chi connectivity index (χ4n) is 2.73. The van der Waals surface area contributed by atoms with Crippen LogP contribution in [0.25, 0.3) is 10.9 Å². The van der Waals surface area contributed by atoms with Crippen LogP contribution in [0.4, 0.5) is 5.69 Å². The van der Waals surface area contributed by atoms with Crippen molar-refractivity contribution in [3.8, 4) is 5.75 Å². The monoisotopic (exact) mass is 257 g/mol. The Morgan fingerprint density at radius 2 is 2.26 bits per heavy atom. The van der Waals surface area contributed by atoms with Crippen LogP contribution in [0.5, 0.6) is 5.75 Å². The molecule has 0 radical (unpaired) electrons. The van der Waals surface area contributed by atoms with E-state index in [1.54, 1.807) is 7.11 Å². The Bertz CT molecular complexity index is 585. The van der Waals surface area contributed by atoms with Crippen molar-refractivity contribution in [2.45, 2.75) is 12.5 Å². The molecule has 1 unspecified atom stereocenters. The molecule has 4 heteroatoms. The molecule has 4 nitrogen and oxygen atoms in total. The van der Waals surface area contributed by atoms with Crippen molar-refractivity contribution in [2.75, 3.05) is 32.1 Å². The van der Waals surface area contributed by atoms with Gasteiger partial charge in [-0.25, -0.2) is 0 Å². The number of nitrogens with zero attached hydrogens (tertiary/aromatic N) is 2. The van der Waals surface area contributed by atoms with Gasteiger partial charge in [-0.1, -0.05) is 0 Å². The van der Waals surface area contributed by atoms with Gasteiger partial charge in [0.25, 0.3) is 0 Å². The lowest BCUT2D eigenvalue weighted by Gasteiger charge is -2.20. The van der Waals surface area contributed by atoms with Gasteiger partial charge in [0, 0.05) is 36.4 Å². The first-order valence-corrected chi connectivity index (χ1v) is 6.67. The van der Waals surface area contributed by atoms with Crippen LogP contribution in [0.2, 0.25) is 0 Å². The molecule has 3 rings (SSSR count). The number of aromatic nitrogens is 1. The predicted octanol–water partition coefficient (Wildman–Crippen LogP) is 2.04. The number of nitrogens with one attached hydrogen (secondary N) is 1. The standard InChI is InChI=1S/C15H19N3O/c1-16-11-6-8-18(10-11)15-5-7-17-14-4-3-12(19-2)9-13(14)15/h3-5,7,9,11,16H,6,8,10H2,1-2H3. The Balaban J connectivity index is 2.03. The first-order chi connectivity index (χ1) is 9.31. The summed E-state index contributed by atoms with van der Waals surface area (Å²) in [5, 5.41) is 4.52. The Kier molecular flexibility index (Phi) is 3.25. The molecule has 1 aromatic carbocycles. The van der Waals surface area contributed by atoms with E-state index in [4.69, 9.17) is 4.74 Å². The molecule has 1 atom stereocenters. The minimum Gasteiger partial charge on any atom is -0.497 e. The number of anilines is 1. The van der Waals surface area contributed by atoms with Gasteiger partial charge in [0.1, 0.15) is 5.75 Å². The van der Waals surface area contributed by atoms with Crippen molar-refractivity contribution in [1.29, 1.82) is 0 Å². The highest BCUT2D eigenvalue weighted by atomic mass is 16.5. The smallest absolute Gasteiger partial charge is 0.119 e. The van der Waals surface area contributed by atoms with Crippen LogP contribution in [0.3, 0.4) is 0 Å². The van der Waals surface area contributed by atoms with Crippen LogP contribution in [-0.2, 0) is 0 Å². The number of likely N-dealkylation sites (N-methyl/N-ethyl adjacent to an activating group) is 1. The Hall–Kier alpha value is -1.81. The summed E-state index contributed by atoms with van der Waals surface area (Å²) in [6.45, 7) is 2.13. The van der Waals surface area contributed by atoms with Crippen molar-refractivity contribution in [3.05, 3.63) is 30.5 Å². The van der Waals surface area contributed by atoms with Gasteiger partial charge < -0.3 is 15.0 Å². The van der Waals surface area contributed by atoms with E-state index in [1.807, 2.05) is 25.4 Å². The summed E-state index contributed by atoms with van der Waals surface area (Å²) in [6, 6.07) is 8.72. The van der Waals surface area contributed by atoms with E-state index in [2.05, 4.69) is 27.3 Å². The molecule has 1 aliphatic heterocycles. The lowest BCUT2D eigenvalue weighted by molar-refractivity contribution is 0.415. The van der Waals surface area contributed by atoms with Crippen molar-refractivity contribution in [2.24, 2.45) is 0 Å². The fraction of sp³-hybridized carbons (Fsp3) is 0.400. The fourth-order valence-corrected chi connectivity index (χ4v) is 2.73. The van der Waals surface area contributed by atoms with Crippen molar-refractivity contribution in [3.63, 3.8) is 0 Å². The molecule has 1 aromatic heterocycles. The number of benzene rings is 1. The summed E-state index contributed by atoms with van der Waals surface area (Å²) in [6.07, 6.45) is 3.07. The molecule has 100 valence electrons. The molecule has 0 bridgehead atoms. The van der Waals surface area contributed by atoms with E-state index in [0.717, 1.165) is 24.4 Å². The largest absolute Gasteiger partial charge is 0.497 e. The normalized spacial score (nSPS) is 19.1. The van der Waals surface area contributed by atoms with Crippen LogP contribution < -0.4 is 15.0 Å². The van der Waals surface area contributed by atoms with Gasteiger partial charge in [0.05, 0.1) is 12.6 Å². The Morgan fingerprint density at radius 3 is 3.00 bits per heavy atom. The van der Waals surface area contributed by atoms with E-state index in [0.29, 0.717) is 6.04 Å². The van der Waals surface area contributed by atoms with E-state index in [1.165, 1.54) is 17.5 Å². The maximum absolute atomic E-state index is 5.32. The average Bonchev–Trinajstić information content (AvgIpc) is 2.94. The van der Waals surface area contributed by atoms with E-state index in [-0.39, 0.29) is 0 Å². The molecule has 1 fully saturated rings. The van der Waals surface area contributed by atoms with Crippen molar-refractivity contribution in [1.82, 2.24) is 10.3 Å². The first-order valence-electron chi connectivity index (χ1n) is 6.67. The Morgan fingerprint density at radius 1 is 1.37 bits per heavy atom. The lowest BCUT2D eigenvalue weighted by Crippen LogP contribution is -2.29. The van der Waals surface area contributed by atoms with E-state index >= 15 is 0 Å². The quantitative estimate of drug-likeness (QED) is 0.913. The molecule has 0 aliphatic carbocycles. The van der Waals surface area contributed by atoms with E-state index < -0.39 is 0 Å². The third kappa shape index (κ3) is 2.24. The highest BCUT2D eigenvalue weighted by molar-refractivity contribution is 5.92. The van der Waals surface area contributed by atoms with Gasteiger partial charge in [0.15, 0.2) is 0 Å². The summed E-state index contributed by atoms with van der Waals surface area (Å²) in [5.41, 5.74) is 2.27. The molecule has 19 heavy (non-hydrogen) atoms. The van der Waals surface area contributed by atoms with Gasteiger partial charge >= 0.3 is 0 Å². The summed E-state index contributed by atoms with van der Waals surface area (Å²) < 4.78 is 5.32. The van der Waals surface area contributed by atoms with Crippen molar-refractivity contribution < 1.29 is 4.74 Å². The lowest BCUT2D eigenvalue weighted by atomic mass is 10.1. The van der Waals surface area contributed by atoms with Gasteiger partial charge in [-0.15, -0.1) is 0 Å². The van der Waals surface area contributed by atoms with Gasteiger partial charge in [-0.2, -0.15) is 0 Å². The second-order valence-electron chi connectivity index (χ2n) is 4.93. The average molecular weight is 257 g/mol. The zero-order valence-electron chi connectivity index (χ0n) is 11.4. The molecular formula is C15H19N3O. The molecule has 1 N–H and O–H groups in total. The first kappa shape index (κ1) is 12.2. The zero-order valence-corrected chi connectivity index (χ0v) is 11.4. The molecule has 2 heterocycles. The molecule has 0 saturated carbocycles. The van der Waals surface area contributed by atoms with Crippen molar-refractivity contribution >= 4 is 16.6 Å². The highest BCUT2D eigenvalue weighted by Gasteiger charge is 2.22. The molecule has 1 saturated heterocycles.